The van der Waals surface area contributed by atoms with E-state index in [9.17, 15) is 9.18 Å². The van der Waals surface area contributed by atoms with Gasteiger partial charge in [0.1, 0.15) is 5.82 Å². The maximum Gasteiger partial charge on any atom is 0.255 e. The van der Waals surface area contributed by atoms with E-state index in [1.54, 1.807) is 18.2 Å². The molecule has 2 aromatic carbocycles. The van der Waals surface area contributed by atoms with Crippen LogP contribution in [-0.4, -0.2) is 20.0 Å². The van der Waals surface area contributed by atoms with Crippen LogP contribution in [0.5, 0.6) is 0 Å². The van der Waals surface area contributed by atoms with Crippen LogP contribution in [0.4, 0.5) is 15.8 Å². The summed E-state index contributed by atoms with van der Waals surface area (Å²) >= 11 is 0. The lowest BCUT2D eigenvalue weighted by molar-refractivity contribution is 0.102. The van der Waals surface area contributed by atoms with Crippen LogP contribution in [0, 0.1) is 5.82 Å². The minimum absolute atomic E-state index is 0.0374. The molecule has 2 rings (SSSR count). The van der Waals surface area contributed by atoms with Gasteiger partial charge in [-0.1, -0.05) is 32.9 Å². The Morgan fingerprint density at radius 1 is 1.04 bits per heavy atom. The third kappa shape index (κ3) is 4.09. The fourth-order valence-corrected chi connectivity index (χ4v) is 2.31. The van der Waals surface area contributed by atoms with Crippen molar-refractivity contribution in [2.45, 2.75) is 26.2 Å². The van der Waals surface area contributed by atoms with Crippen LogP contribution in [0.2, 0.25) is 0 Å². The zero-order valence-corrected chi connectivity index (χ0v) is 14.3. The topological polar surface area (TPSA) is 32.3 Å². The van der Waals surface area contributed by atoms with Gasteiger partial charge in [-0.2, -0.15) is 0 Å². The molecule has 3 nitrogen and oxygen atoms in total. The van der Waals surface area contributed by atoms with Gasteiger partial charge in [0.25, 0.3) is 5.91 Å². The molecule has 0 saturated heterocycles. The van der Waals surface area contributed by atoms with Crippen molar-refractivity contribution in [3.8, 4) is 0 Å². The fraction of sp³-hybridized carbons (Fsp3) is 0.316. The van der Waals surface area contributed by atoms with Crippen LogP contribution in [0.15, 0.2) is 42.5 Å². The summed E-state index contributed by atoms with van der Waals surface area (Å²) in [6.07, 6.45) is 0. The van der Waals surface area contributed by atoms with E-state index in [1.807, 2.05) is 31.1 Å². The third-order valence-electron chi connectivity index (χ3n) is 3.70. The number of nitrogens with one attached hydrogen (secondary N) is 1. The molecule has 0 aliphatic heterocycles. The normalized spacial score (nSPS) is 11.2. The summed E-state index contributed by atoms with van der Waals surface area (Å²) in [4.78, 5) is 14.2. The Hall–Kier alpha value is -2.36. The molecule has 1 amide bonds. The van der Waals surface area contributed by atoms with Crippen LogP contribution >= 0.6 is 0 Å². The lowest BCUT2D eigenvalue weighted by Crippen LogP contribution is -2.17. The van der Waals surface area contributed by atoms with E-state index in [0.29, 0.717) is 11.3 Å². The Bertz CT molecular complexity index is 700. The molecular formula is C19H23FN2O. The van der Waals surface area contributed by atoms with Crippen molar-refractivity contribution in [1.29, 1.82) is 0 Å². The molecule has 122 valence electrons. The Labute approximate surface area is 137 Å². The van der Waals surface area contributed by atoms with Crippen molar-refractivity contribution in [1.82, 2.24) is 0 Å². The number of hydrogen-bond donors (Lipinski definition) is 1. The predicted octanol–water partition coefficient (Wildman–Crippen LogP) is 4.44. The van der Waals surface area contributed by atoms with Gasteiger partial charge < -0.3 is 10.2 Å². The van der Waals surface area contributed by atoms with Crippen LogP contribution in [0.3, 0.4) is 0 Å². The second-order valence-corrected chi connectivity index (χ2v) is 6.84. The Morgan fingerprint density at radius 2 is 1.65 bits per heavy atom. The molecule has 0 aliphatic carbocycles. The third-order valence-corrected chi connectivity index (χ3v) is 3.70. The number of amides is 1. The van der Waals surface area contributed by atoms with Gasteiger partial charge in [-0.15, -0.1) is 0 Å². The van der Waals surface area contributed by atoms with E-state index in [4.69, 9.17) is 0 Å². The highest BCUT2D eigenvalue weighted by Gasteiger charge is 2.15. The summed E-state index contributed by atoms with van der Waals surface area (Å²) in [5, 5.41) is 2.79. The molecule has 0 unspecified atom stereocenters. The lowest BCUT2D eigenvalue weighted by atomic mass is 9.87. The summed E-state index contributed by atoms with van der Waals surface area (Å²) in [7, 11) is 3.70. The van der Waals surface area contributed by atoms with E-state index >= 15 is 0 Å². The van der Waals surface area contributed by atoms with E-state index < -0.39 is 0 Å². The molecule has 4 heteroatoms. The maximum atomic E-state index is 13.5. The summed E-state index contributed by atoms with van der Waals surface area (Å²) in [6, 6.07) is 11.9. The van der Waals surface area contributed by atoms with Crippen molar-refractivity contribution < 1.29 is 9.18 Å². The minimum atomic E-state index is -0.381. The first-order valence-corrected chi connectivity index (χ1v) is 7.57. The molecule has 0 aromatic heterocycles. The molecule has 1 N–H and O–H groups in total. The SMILES string of the molecule is CN(C)c1ccc(F)cc1NC(=O)c1ccc(C(C)(C)C)cc1. The molecule has 0 aliphatic rings. The summed E-state index contributed by atoms with van der Waals surface area (Å²) in [6.45, 7) is 6.37. The number of carbonyl (C=O) groups is 1. The summed E-state index contributed by atoms with van der Waals surface area (Å²) in [5.41, 5.74) is 2.96. The monoisotopic (exact) mass is 314 g/mol. The van der Waals surface area contributed by atoms with Gasteiger partial charge in [0.05, 0.1) is 11.4 Å². The molecule has 23 heavy (non-hydrogen) atoms. The molecule has 0 saturated carbocycles. The van der Waals surface area contributed by atoms with Crippen LogP contribution in [0.1, 0.15) is 36.7 Å². The highest BCUT2D eigenvalue weighted by molar-refractivity contribution is 6.05. The second-order valence-electron chi connectivity index (χ2n) is 6.84. The highest BCUT2D eigenvalue weighted by atomic mass is 19.1. The van der Waals surface area contributed by atoms with Crippen molar-refractivity contribution in [3.05, 3.63) is 59.4 Å². The van der Waals surface area contributed by atoms with Gasteiger partial charge in [0.2, 0.25) is 0 Å². The van der Waals surface area contributed by atoms with Crippen molar-refractivity contribution in [2.75, 3.05) is 24.3 Å². The van der Waals surface area contributed by atoms with E-state index in [0.717, 1.165) is 11.3 Å². The van der Waals surface area contributed by atoms with Gasteiger partial charge in [-0.3, -0.25) is 4.79 Å². The zero-order valence-electron chi connectivity index (χ0n) is 14.3. The standard InChI is InChI=1S/C19H23FN2O/c1-19(2,3)14-8-6-13(7-9-14)18(23)21-16-12-15(20)10-11-17(16)22(4)5/h6-12H,1-5H3,(H,21,23). The zero-order chi connectivity index (χ0) is 17.2. The lowest BCUT2D eigenvalue weighted by Gasteiger charge is -2.20. The van der Waals surface area contributed by atoms with Crippen LogP contribution in [-0.2, 0) is 5.41 Å². The van der Waals surface area contributed by atoms with Gasteiger partial charge in [0, 0.05) is 19.7 Å². The molecule has 0 spiro atoms. The van der Waals surface area contributed by atoms with Crippen molar-refractivity contribution in [2.24, 2.45) is 0 Å². The van der Waals surface area contributed by atoms with E-state index in [-0.39, 0.29) is 17.1 Å². The molecular weight excluding hydrogens is 291 g/mol. The second kappa shape index (κ2) is 6.41. The predicted molar refractivity (Wildman–Crippen MR) is 93.8 cm³/mol. The maximum absolute atomic E-state index is 13.5. The van der Waals surface area contributed by atoms with Crippen LogP contribution in [0.25, 0.3) is 0 Å². The number of carbonyl (C=O) groups excluding carboxylic acids is 1. The summed E-state index contributed by atoms with van der Waals surface area (Å²) in [5.74, 6) is -0.631. The molecule has 0 atom stereocenters. The molecule has 0 heterocycles. The number of hydrogen-bond acceptors (Lipinski definition) is 2. The summed E-state index contributed by atoms with van der Waals surface area (Å²) < 4.78 is 13.5. The van der Waals surface area contributed by atoms with Crippen molar-refractivity contribution >= 4 is 17.3 Å². The number of benzene rings is 2. The molecule has 2 aromatic rings. The number of nitrogens with zero attached hydrogens (tertiary/aromatic N) is 1. The minimum Gasteiger partial charge on any atom is -0.376 e. The number of anilines is 2. The number of halogens is 1. The average Bonchev–Trinajstić information content (AvgIpc) is 2.46. The molecule has 0 radical (unpaired) electrons. The van der Waals surface area contributed by atoms with Crippen molar-refractivity contribution in [3.63, 3.8) is 0 Å². The highest BCUT2D eigenvalue weighted by Crippen LogP contribution is 2.26. The van der Waals surface area contributed by atoms with E-state index in [1.165, 1.54) is 12.1 Å². The largest absolute Gasteiger partial charge is 0.376 e. The average molecular weight is 314 g/mol. The molecule has 0 bridgehead atoms. The fourth-order valence-electron chi connectivity index (χ4n) is 2.31. The first kappa shape index (κ1) is 17.0. The van der Waals surface area contributed by atoms with Crippen LogP contribution < -0.4 is 10.2 Å². The first-order valence-electron chi connectivity index (χ1n) is 7.57. The first-order chi connectivity index (χ1) is 10.7. The Morgan fingerprint density at radius 3 is 2.17 bits per heavy atom. The Balaban J connectivity index is 2.24. The van der Waals surface area contributed by atoms with Gasteiger partial charge in [-0.25, -0.2) is 4.39 Å². The van der Waals surface area contributed by atoms with E-state index in [2.05, 4.69) is 26.1 Å². The van der Waals surface area contributed by atoms with Gasteiger partial charge in [-0.05, 0) is 41.3 Å². The Kier molecular flexibility index (Phi) is 4.73. The van der Waals surface area contributed by atoms with Gasteiger partial charge >= 0.3 is 0 Å². The number of rotatable bonds is 3. The molecule has 0 fully saturated rings. The quantitative estimate of drug-likeness (QED) is 0.908. The smallest absolute Gasteiger partial charge is 0.255 e. The van der Waals surface area contributed by atoms with Gasteiger partial charge in [0.15, 0.2) is 0 Å².